The molecule has 0 unspecified atom stereocenters. The zero-order chi connectivity index (χ0) is 20.2. The second-order valence-electron chi connectivity index (χ2n) is 7.31. The van der Waals surface area contributed by atoms with Gasteiger partial charge < -0.3 is 10.2 Å². The fraction of sp³-hybridized carbons (Fsp3) is 0.261. The summed E-state index contributed by atoms with van der Waals surface area (Å²) in [6, 6.07) is 17.2. The number of rotatable bonds is 4. The first-order chi connectivity index (χ1) is 14.1. The fourth-order valence-corrected chi connectivity index (χ4v) is 3.66. The molecule has 6 nitrogen and oxygen atoms in total. The zero-order valence-corrected chi connectivity index (χ0v) is 16.1. The minimum absolute atomic E-state index is 0.179. The van der Waals surface area contributed by atoms with E-state index < -0.39 is 11.9 Å². The maximum absolute atomic E-state index is 12.6. The van der Waals surface area contributed by atoms with Crippen LogP contribution in [0.4, 0.5) is 4.79 Å². The van der Waals surface area contributed by atoms with E-state index >= 15 is 0 Å². The van der Waals surface area contributed by atoms with Crippen LogP contribution in [0, 0.1) is 0 Å². The smallest absolute Gasteiger partial charge is 0.329 e. The summed E-state index contributed by atoms with van der Waals surface area (Å²) in [6.07, 6.45) is 4.69. The molecule has 2 aromatic rings. The molecule has 1 N–H and O–H groups in total. The molecule has 0 spiro atoms. The number of carbonyl (C=O) groups is 3. The molecule has 2 saturated heterocycles. The summed E-state index contributed by atoms with van der Waals surface area (Å²) in [6.45, 7) is 1.17. The number of amides is 4. The minimum atomic E-state index is -0.549. The molecule has 0 saturated carbocycles. The number of nitrogens with one attached hydrogen (secondary N) is 1. The Kier molecular flexibility index (Phi) is 5.42. The van der Waals surface area contributed by atoms with Gasteiger partial charge >= 0.3 is 6.03 Å². The van der Waals surface area contributed by atoms with Crippen molar-refractivity contribution in [2.45, 2.75) is 19.3 Å². The number of hydrogen-bond acceptors (Lipinski definition) is 3. The van der Waals surface area contributed by atoms with E-state index in [2.05, 4.69) is 5.32 Å². The highest BCUT2D eigenvalue weighted by Gasteiger charge is 2.35. The molecule has 4 rings (SSSR count). The third kappa shape index (κ3) is 4.21. The predicted octanol–water partition coefficient (Wildman–Crippen LogP) is 3.26. The van der Waals surface area contributed by atoms with Crippen LogP contribution in [0.1, 0.15) is 24.8 Å². The first-order valence-electron chi connectivity index (χ1n) is 9.89. The van der Waals surface area contributed by atoms with Crippen LogP contribution < -0.4 is 5.32 Å². The van der Waals surface area contributed by atoms with E-state index in [1.54, 1.807) is 11.0 Å². The van der Waals surface area contributed by atoms with Gasteiger partial charge in [-0.3, -0.25) is 9.59 Å². The standard InChI is InChI=1S/C23H23N3O3/c27-21(25-13-5-2-6-14-25)16-26-22(28)20(24-23(26)29)15-17-9-11-19(12-10-17)18-7-3-1-4-8-18/h1,3-4,7-12,15H,2,5-6,13-14,16H2,(H,24,29)/b20-15-. The summed E-state index contributed by atoms with van der Waals surface area (Å²) < 4.78 is 0. The Labute approximate surface area is 169 Å². The van der Waals surface area contributed by atoms with Gasteiger partial charge in [0, 0.05) is 13.1 Å². The van der Waals surface area contributed by atoms with Crippen molar-refractivity contribution in [3.8, 4) is 11.1 Å². The van der Waals surface area contributed by atoms with Gasteiger partial charge in [-0.2, -0.15) is 0 Å². The van der Waals surface area contributed by atoms with Crippen LogP contribution in [0.2, 0.25) is 0 Å². The van der Waals surface area contributed by atoms with E-state index in [4.69, 9.17) is 0 Å². The van der Waals surface area contributed by atoms with Crippen molar-refractivity contribution in [3.05, 3.63) is 65.9 Å². The predicted molar refractivity (Wildman–Crippen MR) is 111 cm³/mol. The maximum Gasteiger partial charge on any atom is 0.329 e. The van der Waals surface area contributed by atoms with Crippen LogP contribution in [-0.2, 0) is 9.59 Å². The normalized spacial score (nSPS) is 18.3. The van der Waals surface area contributed by atoms with Crippen molar-refractivity contribution in [2.75, 3.05) is 19.6 Å². The summed E-state index contributed by atoms with van der Waals surface area (Å²) in [5.41, 5.74) is 3.18. The second kappa shape index (κ2) is 8.31. The Bertz CT molecular complexity index is 945. The van der Waals surface area contributed by atoms with Gasteiger partial charge in [-0.15, -0.1) is 0 Å². The van der Waals surface area contributed by atoms with E-state index in [0.717, 1.165) is 40.9 Å². The minimum Gasteiger partial charge on any atom is -0.341 e. The second-order valence-corrected chi connectivity index (χ2v) is 7.31. The molecule has 4 amide bonds. The average molecular weight is 389 g/mol. The lowest BCUT2D eigenvalue weighted by molar-refractivity contribution is -0.136. The SMILES string of the molecule is O=C(CN1C(=O)N/C(=C\c2ccc(-c3ccccc3)cc2)C1=O)N1CCCCC1. The molecule has 0 aromatic heterocycles. The molecule has 2 aliphatic heterocycles. The van der Waals surface area contributed by atoms with Crippen molar-refractivity contribution in [3.63, 3.8) is 0 Å². The van der Waals surface area contributed by atoms with Crippen LogP contribution in [0.5, 0.6) is 0 Å². The highest BCUT2D eigenvalue weighted by Crippen LogP contribution is 2.21. The van der Waals surface area contributed by atoms with Gasteiger partial charge in [0.05, 0.1) is 0 Å². The molecular weight excluding hydrogens is 366 g/mol. The number of urea groups is 1. The Morgan fingerprint density at radius 2 is 1.55 bits per heavy atom. The third-order valence-electron chi connectivity index (χ3n) is 5.29. The van der Waals surface area contributed by atoms with E-state index in [9.17, 15) is 14.4 Å². The first-order valence-corrected chi connectivity index (χ1v) is 9.89. The topological polar surface area (TPSA) is 69.7 Å². The van der Waals surface area contributed by atoms with Crippen LogP contribution in [0.3, 0.4) is 0 Å². The van der Waals surface area contributed by atoms with Gasteiger partial charge in [0.25, 0.3) is 5.91 Å². The lowest BCUT2D eigenvalue weighted by Crippen LogP contribution is -2.44. The molecule has 29 heavy (non-hydrogen) atoms. The van der Waals surface area contributed by atoms with Gasteiger partial charge in [-0.25, -0.2) is 9.69 Å². The van der Waals surface area contributed by atoms with E-state index in [0.29, 0.717) is 13.1 Å². The average Bonchev–Trinajstić information content (AvgIpc) is 3.03. The molecule has 0 atom stereocenters. The monoisotopic (exact) mass is 389 g/mol. The Hall–Kier alpha value is -3.41. The fourth-order valence-electron chi connectivity index (χ4n) is 3.66. The summed E-state index contributed by atoms with van der Waals surface area (Å²) in [5, 5.41) is 2.58. The molecule has 2 fully saturated rings. The van der Waals surface area contributed by atoms with Crippen LogP contribution in [-0.4, -0.2) is 47.3 Å². The number of carbonyl (C=O) groups excluding carboxylic acids is 3. The lowest BCUT2D eigenvalue weighted by Gasteiger charge is -2.27. The summed E-state index contributed by atoms with van der Waals surface area (Å²) >= 11 is 0. The molecule has 6 heteroatoms. The van der Waals surface area contributed by atoms with E-state index in [1.807, 2.05) is 54.6 Å². The number of likely N-dealkylation sites (tertiary alicyclic amines) is 1. The van der Waals surface area contributed by atoms with Crippen LogP contribution in [0.15, 0.2) is 60.3 Å². The van der Waals surface area contributed by atoms with Crippen LogP contribution in [0.25, 0.3) is 17.2 Å². The summed E-state index contributed by atoms with van der Waals surface area (Å²) in [5.74, 6) is -0.644. The molecule has 148 valence electrons. The van der Waals surface area contributed by atoms with Gasteiger partial charge in [0.2, 0.25) is 5.91 Å². The van der Waals surface area contributed by atoms with Crippen molar-refractivity contribution in [2.24, 2.45) is 0 Å². The van der Waals surface area contributed by atoms with Crippen molar-refractivity contribution < 1.29 is 14.4 Å². The number of nitrogens with zero attached hydrogens (tertiary/aromatic N) is 2. The first kappa shape index (κ1) is 18.9. The third-order valence-corrected chi connectivity index (χ3v) is 5.29. The molecule has 0 aliphatic carbocycles. The van der Waals surface area contributed by atoms with Gasteiger partial charge in [0.15, 0.2) is 0 Å². The summed E-state index contributed by atoms with van der Waals surface area (Å²) in [4.78, 5) is 40.0. The molecule has 0 radical (unpaired) electrons. The number of benzene rings is 2. The summed E-state index contributed by atoms with van der Waals surface area (Å²) in [7, 11) is 0. The zero-order valence-electron chi connectivity index (χ0n) is 16.1. The van der Waals surface area contributed by atoms with Crippen molar-refractivity contribution >= 4 is 23.9 Å². The molecule has 2 aliphatic rings. The number of piperidine rings is 1. The van der Waals surface area contributed by atoms with Crippen molar-refractivity contribution in [1.29, 1.82) is 0 Å². The van der Waals surface area contributed by atoms with E-state index in [1.165, 1.54) is 0 Å². The molecular formula is C23H23N3O3. The quantitative estimate of drug-likeness (QED) is 0.645. The van der Waals surface area contributed by atoms with Crippen LogP contribution >= 0.6 is 0 Å². The van der Waals surface area contributed by atoms with Gasteiger partial charge in [-0.1, -0.05) is 54.6 Å². The Morgan fingerprint density at radius 1 is 0.897 bits per heavy atom. The Balaban J connectivity index is 1.45. The highest BCUT2D eigenvalue weighted by atomic mass is 16.2. The number of imide groups is 1. The largest absolute Gasteiger partial charge is 0.341 e. The highest BCUT2D eigenvalue weighted by molar-refractivity contribution is 6.15. The number of hydrogen-bond donors (Lipinski definition) is 1. The molecule has 2 aromatic carbocycles. The lowest BCUT2D eigenvalue weighted by atomic mass is 10.0. The molecule has 0 bridgehead atoms. The van der Waals surface area contributed by atoms with Gasteiger partial charge in [-0.05, 0) is 42.0 Å². The van der Waals surface area contributed by atoms with E-state index in [-0.39, 0.29) is 18.1 Å². The molecule has 2 heterocycles. The maximum atomic E-state index is 12.6. The van der Waals surface area contributed by atoms with Crippen molar-refractivity contribution in [1.82, 2.24) is 15.1 Å². The Morgan fingerprint density at radius 3 is 2.24 bits per heavy atom. The van der Waals surface area contributed by atoms with Gasteiger partial charge in [0.1, 0.15) is 12.2 Å².